The van der Waals surface area contributed by atoms with Crippen LogP contribution in [-0.4, -0.2) is 41.8 Å². The summed E-state index contributed by atoms with van der Waals surface area (Å²) in [6.45, 7) is 1.95. The Morgan fingerprint density at radius 1 is 1.03 bits per heavy atom. The molecule has 0 saturated carbocycles. The number of hydrogen-bond donors (Lipinski definition) is 1. The molecular weight excluding hydrogens is 418 g/mol. The lowest BCUT2D eigenvalue weighted by Gasteiger charge is -2.09. The molecule has 0 radical (unpaired) electrons. The highest BCUT2D eigenvalue weighted by atomic mass is 32.2. The van der Waals surface area contributed by atoms with E-state index in [2.05, 4.69) is 9.46 Å². The first-order valence-electron chi connectivity index (χ1n) is 9.70. The van der Waals surface area contributed by atoms with Crippen molar-refractivity contribution in [1.29, 1.82) is 0 Å². The van der Waals surface area contributed by atoms with E-state index in [1.165, 1.54) is 7.11 Å². The summed E-state index contributed by atoms with van der Waals surface area (Å²) in [5.74, 6) is 0.712. The Morgan fingerprint density at radius 3 is 2.42 bits per heavy atom. The van der Waals surface area contributed by atoms with Gasteiger partial charge in [0.15, 0.2) is 6.61 Å². The fourth-order valence-electron chi connectivity index (χ4n) is 3.31. The molecule has 8 heteroatoms. The van der Waals surface area contributed by atoms with E-state index < -0.39 is 16.0 Å². The molecule has 1 N–H and O–H groups in total. The monoisotopic (exact) mass is 443 g/mol. The van der Waals surface area contributed by atoms with Gasteiger partial charge in [0.05, 0.1) is 19.1 Å². The molecule has 0 aromatic heterocycles. The van der Waals surface area contributed by atoms with Crippen LogP contribution >= 0.6 is 0 Å². The Balaban J connectivity index is 1.66. The summed E-state index contributed by atoms with van der Waals surface area (Å²) in [5.41, 5.74) is 3.19. The number of methoxy groups -OCH3 is 2. The summed E-state index contributed by atoms with van der Waals surface area (Å²) in [7, 11) is -0.836. The fourth-order valence-corrected chi connectivity index (χ4v) is 4.62. The summed E-state index contributed by atoms with van der Waals surface area (Å²) in [4.78, 5) is 11.4. The Hall–Kier alpha value is -3.10. The van der Waals surface area contributed by atoms with Gasteiger partial charge in [-0.3, -0.25) is 0 Å². The van der Waals surface area contributed by atoms with E-state index in [4.69, 9.17) is 9.47 Å². The van der Waals surface area contributed by atoms with Crippen LogP contribution in [0.1, 0.15) is 11.1 Å². The van der Waals surface area contributed by atoms with E-state index in [1.807, 2.05) is 31.2 Å². The number of carbonyl (C=O) groups is 1. The van der Waals surface area contributed by atoms with Crippen molar-refractivity contribution in [3.8, 4) is 22.6 Å². The first kappa shape index (κ1) is 22.6. The summed E-state index contributed by atoms with van der Waals surface area (Å²) >= 11 is 0. The van der Waals surface area contributed by atoms with Crippen molar-refractivity contribution in [2.24, 2.45) is 0 Å². The molecule has 3 rings (SSSR count). The van der Waals surface area contributed by atoms with Crippen LogP contribution in [0.15, 0.2) is 59.5 Å². The largest absolute Gasteiger partial charge is 0.496 e. The van der Waals surface area contributed by atoms with Crippen LogP contribution in [0.3, 0.4) is 0 Å². The number of carbonyl (C=O) groups excluding carboxylic acids is 1. The van der Waals surface area contributed by atoms with Crippen LogP contribution in [0.25, 0.3) is 11.1 Å². The third-order valence-electron chi connectivity index (χ3n) is 4.87. The summed E-state index contributed by atoms with van der Waals surface area (Å²) in [6.07, 6.45) is 0.505. The number of rotatable bonds is 9. The third kappa shape index (κ3) is 5.34. The van der Waals surface area contributed by atoms with Gasteiger partial charge in [-0.25, -0.2) is 17.9 Å². The molecule has 0 atom stereocenters. The van der Waals surface area contributed by atoms with E-state index in [0.717, 1.165) is 16.7 Å². The predicted octanol–water partition coefficient (Wildman–Crippen LogP) is 3.18. The Labute approximate surface area is 182 Å². The smallest absolute Gasteiger partial charge is 0.343 e. The average Bonchev–Trinajstić information content (AvgIpc) is 2.96. The number of benzene rings is 1. The minimum atomic E-state index is -3.70. The normalized spacial score (nSPS) is 11.3. The highest BCUT2D eigenvalue weighted by molar-refractivity contribution is 7.89. The van der Waals surface area contributed by atoms with Gasteiger partial charge in [0, 0.05) is 17.7 Å². The second kappa shape index (κ2) is 9.80. The molecule has 31 heavy (non-hydrogen) atoms. The molecule has 1 aromatic carbocycles. The molecule has 0 bridgehead atoms. The molecule has 0 amide bonds. The van der Waals surface area contributed by atoms with Crippen LogP contribution in [0.2, 0.25) is 0 Å². The highest BCUT2D eigenvalue weighted by Crippen LogP contribution is 2.40. The Bertz CT molecular complexity index is 1130. The van der Waals surface area contributed by atoms with Gasteiger partial charge in [0.2, 0.25) is 10.0 Å². The van der Waals surface area contributed by atoms with Gasteiger partial charge in [0.25, 0.3) is 0 Å². The average molecular weight is 444 g/mol. The lowest BCUT2D eigenvalue weighted by Crippen LogP contribution is -2.26. The first-order chi connectivity index (χ1) is 14.9. The lowest BCUT2D eigenvalue weighted by atomic mass is 10.1. The van der Waals surface area contributed by atoms with Crippen LogP contribution < -0.4 is 14.2 Å². The van der Waals surface area contributed by atoms with Gasteiger partial charge in [-0.05, 0) is 48.7 Å². The third-order valence-corrected chi connectivity index (χ3v) is 6.37. The molecule has 2 aliphatic rings. The zero-order chi connectivity index (χ0) is 22.4. The van der Waals surface area contributed by atoms with Crippen molar-refractivity contribution in [2.45, 2.75) is 18.2 Å². The van der Waals surface area contributed by atoms with Gasteiger partial charge in [0.1, 0.15) is 11.5 Å². The van der Waals surface area contributed by atoms with Gasteiger partial charge in [-0.15, -0.1) is 0 Å². The maximum absolute atomic E-state index is 13.0. The van der Waals surface area contributed by atoms with Crippen molar-refractivity contribution in [2.75, 3.05) is 27.4 Å². The highest BCUT2D eigenvalue weighted by Gasteiger charge is 2.25. The first-order valence-corrected chi connectivity index (χ1v) is 11.2. The van der Waals surface area contributed by atoms with E-state index >= 15 is 0 Å². The molecule has 7 nitrogen and oxygen atoms in total. The van der Waals surface area contributed by atoms with Gasteiger partial charge < -0.3 is 14.2 Å². The second-order valence-electron chi connectivity index (χ2n) is 6.92. The maximum atomic E-state index is 13.0. The van der Waals surface area contributed by atoms with Crippen LogP contribution in [-0.2, 0) is 26.0 Å². The second-order valence-corrected chi connectivity index (χ2v) is 8.66. The topological polar surface area (TPSA) is 90.9 Å². The van der Waals surface area contributed by atoms with Crippen molar-refractivity contribution in [3.05, 3.63) is 65.7 Å². The Kier molecular flexibility index (Phi) is 7.14. The van der Waals surface area contributed by atoms with Gasteiger partial charge >= 0.3 is 5.97 Å². The molecule has 1 aromatic rings. The van der Waals surface area contributed by atoms with Crippen molar-refractivity contribution in [3.63, 3.8) is 0 Å². The molecule has 0 heterocycles. The SMILES string of the molecule is COC(=O)COc1ccc(CCNS(=O)(=O)c2cc(C)c3c(OC)ccccc2-3)cc1. The number of sulfonamides is 1. The van der Waals surface area contributed by atoms with Gasteiger partial charge in [-0.2, -0.15) is 0 Å². The fraction of sp³-hybridized carbons (Fsp3) is 0.261. The van der Waals surface area contributed by atoms with Crippen molar-refractivity contribution >= 4 is 16.0 Å². The molecule has 0 saturated heterocycles. The number of ether oxygens (including phenoxy) is 3. The van der Waals surface area contributed by atoms with E-state index in [-0.39, 0.29) is 18.0 Å². The molecule has 0 unspecified atom stereocenters. The molecule has 0 spiro atoms. The zero-order valence-electron chi connectivity index (χ0n) is 17.7. The number of nitrogens with one attached hydrogen (secondary N) is 1. The van der Waals surface area contributed by atoms with Crippen LogP contribution in [0.4, 0.5) is 0 Å². The van der Waals surface area contributed by atoms with E-state index in [1.54, 1.807) is 37.4 Å². The predicted molar refractivity (Wildman–Crippen MR) is 117 cm³/mol. The summed E-state index contributed by atoms with van der Waals surface area (Å²) in [5, 5.41) is 0. The maximum Gasteiger partial charge on any atom is 0.343 e. The molecular formula is C23H25NO6S. The van der Waals surface area contributed by atoms with Crippen LogP contribution in [0.5, 0.6) is 11.5 Å². The molecule has 164 valence electrons. The summed E-state index contributed by atoms with van der Waals surface area (Å²) in [6, 6.07) is 16.0. The van der Waals surface area contributed by atoms with Crippen molar-refractivity contribution < 1.29 is 27.4 Å². The standard InChI is InChI=1S/C23H25NO6S/c1-16-14-21(19-6-4-5-7-20(28-2)23(16)19)31(26,27)24-13-12-17-8-10-18(11-9-17)30-15-22(25)29-3/h4-11,14,24H,12-13,15H2,1-3H3. The summed E-state index contributed by atoms with van der Waals surface area (Å²) < 4.78 is 43.9. The lowest BCUT2D eigenvalue weighted by molar-refractivity contribution is -0.142. The number of esters is 1. The van der Waals surface area contributed by atoms with Crippen LogP contribution in [0, 0.1) is 6.92 Å². The Morgan fingerprint density at radius 2 is 1.74 bits per heavy atom. The molecule has 0 fully saturated rings. The zero-order valence-corrected chi connectivity index (χ0v) is 18.5. The number of fused-ring (bicyclic) bond motifs is 1. The van der Waals surface area contributed by atoms with Crippen molar-refractivity contribution in [1.82, 2.24) is 4.72 Å². The minimum absolute atomic E-state index is 0.161. The number of hydrogen-bond acceptors (Lipinski definition) is 6. The molecule has 2 aliphatic carbocycles. The van der Waals surface area contributed by atoms with E-state index in [9.17, 15) is 13.2 Å². The van der Waals surface area contributed by atoms with Gasteiger partial charge in [-0.1, -0.05) is 30.3 Å². The quantitative estimate of drug-likeness (QED) is 0.511. The molecule has 0 aliphatic heterocycles. The minimum Gasteiger partial charge on any atom is -0.496 e. The number of aryl methyl sites for hydroxylation is 1. The van der Waals surface area contributed by atoms with E-state index in [0.29, 0.717) is 23.5 Å².